The number of ether oxygens (including phenoxy) is 1. The second-order valence-electron chi connectivity index (χ2n) is 3.19. The highest BCUT2D eigenvalue weighted by atomic mass is 79.9. The molecule has 1 atom stereocenters. The Hall–Kier alpha value is -1.44. The van der Waals surface area contributed by atoms with Gasteiger partial charge in [0.05, 0.1) is 7.11 Å². The number of halogens is 1. The smallest absolute Gasteiger partial charge is 0.237 e. The van der Waals surface area contributed by atoms with Crippen molar-refractivity contribution in [2.45, 2.75) is 6.04 Å². The van der Waals surface area contributed by atoms with Gasteiger partial charge < -0.3 is 9.15 Å². The zero-order valence-corrected chi connectivity index (χ0v) is 10.6. The molecule has 2 heterocycles. The molecule has 17 heavy (non-hydrogen) atoms. The molecule has 2 aromatic rings. The van der Waals surface area contributed by atoms with Crippen molar-refractivity contribution in [1.82, 2.24) is 15.4 Å². The molecule has 0 fully saturated rings. The van der Waals surface area contributed by atoms with Gasteiger partial charge in [-0.05, 0) is 28.1 Å². The van der Waals surface area contributed by atoms with Crippen LogP contribution in [0.25, 0.3) is 0 Å². The summed E-state index contributed by atoms with van der Waals surface area (Å²) in [5.41, 5.74) is 3.19. The number of hydrogen-bond acceptors (Lipinski definition) is 6. The van der Waals surface area contributed by atoms with Crippen LogP contribution in [-0.4, -0.2) is 17.1 Å². The van der Waals surface area contributed by atoms with Crippen LogP contribution >= 0.6 is 15.9 Å². The van der Waals surface area contributed by atoms with Crippen molar-refractivity contribution in [2.24, 2.45) is 5.84 Å². The summed E-state index contributed by atoms with van der Waals surface area (Å²) in [6.07, 6.45) is 3.12. The third-order valence-electron chi connectivity index (χ3n) is 2.20. The molecule has 2 rings (SSSR count). The summed E-state index contributed by atoms with van der Waals surface area (Å²) < 4.78 is 11.2. The van der Waals surface area contributed by atoms with Crippen molar-refractivity contribution in [3.63, 3.8) is 0 Å². The fourth-order valence-electron chi connectivity index (χ4n) is 1.47. The normalized spacial score (nSPS) is 12.4. The van der Waals surface area contributed by atoms with Crippen molar-refractivity contribution >= 4 is 15.9 Å². The highest BCUT2D eigenvalue weighted by Gasteiger charge is 2.22. The molecule has 0 radical (unpaired) electrons. The maximum Gasteiger partial charge on any atom is 0.237 e. The van der Waals surface area contributed by atoms with Crippen LogP contribution in [0.15, 0.2) is 33.6 Å². The number of methoxy groups -OCH3 is 1. The molecule has 0 saturated heterocycles. The molecule has 1 unspecified atom stereocenters. The van der Waals surface area contributed by atoms with Crippen LogP contribution in [-0.2, 0) is 0 Å². The van der Waals surface area contributed by atoms with E-state index in [4.69, 9.17) is 15.0 Å². The Morgan fingerprint density at radius 1 is 1.41 bits per heavy atom. The molecule has 0 amide bonds. The van der Waals surface area contributed by atoms with Gasteiger partial charge in [-0.2, -0.15) is 0 Å². The topological polar surface area (TPSA) is 86.2 Å². The van der Waals surface area contributed by atoms with E-state index in [1.165, 1.54) is 7.11 Å². The minimum absolute atomic E-state index is 0.406. The quantitative estimate of drug-likeness (QED) is 0.655. The molecular formula is C10H11BrN4O2. The molecule has 90 valence electrons. The van der Waals surface area contributed by atoms with Crippen LogP contribution in [0.2, 0.25) is 0 Å². The maximum absolute atomic E-state index is 5.52. The van der Waals surface area contributed by atoms with Gasteiger partial charge in [-0.25, -0.2) is 10.4 Å². The largest absolute Gasteiger partial charge is 0.480 e. The summed E-state index contributed by atoms with van der Waals surface area (Å²) in [6.45, 7) is 0. The van der Waals surface area contributed by atoms with Gasteiger partial charge in [0.2, 0.25) is 5.88 Å². The Morgan fingerprint density at radius 3 is 2.76 bits per heavy atom. The van der Waals surface area contributed by atoms with E-state index in [2.05, 4.69) is 31.3 Å². The van der Waals surface area contributed by atoms with Gasteiger partial charge >= 0.3 is 0 Å². The highest BCUT2D eigenvalue weighted by Crippen LogP contribution is 2.28. The van der Waals surface area contributed by atoms with Gasteiger partial charge in [0.15, 0.2) is 4.67 Å². The van der Waals surface area contributed by atoms with E-state index in [0.29, 0.717) is 22.0 Å². The summed E-state index contributed by atoms with van der Waals surface area (Å²) in [6, 6.07) is 3.16. The monoisotopic (exact) mass is 298 g/mol. The predicted octanol–water partition coefficient (Wildman–Crippen LogP) is 1.39. The minimum atomic E-state index is -0.412. The van der Waals surface area contributed by atoms with E-state index in [1.807, 2.05) is 0 Å². The molecule has 0 aliphatic rings. The van der Waals surface area contributed by atoms with E-state index in [0.717, 1.165) is 0 Å². The first-order valence-electron chi connectivity index (χ1n) is 4.82. The Kier molecular flexibility index (Phi) is 3.72. The van der Waals surface area contributed by atoms with Gasteiger partial charge in [-0.3, -0.25) is 10.8 Å². The number of hydrogen-bond donors (Lipinski definition) is 2. The molecule has 6 nitrogen and oxygen atoms in total. The second kappa shape index (κ2) is 5.26. The van der Waals surface area contributed by atoms with E-state index in [9.17, 15) is 0 Å². The third kappa shape index (κ3) is 2.46. The molecule has 3 N–H and O–H groups in total. The highest BCUT2D eigenvalue weighted by molar-refractivity contribution is 9.10. The Morgan fingerprint density at radius 2 is 2.18 bits per heavy atom. The van der Waals surface area contributed by atoms with Gasteiger partial charge in [-0.1, -0.05) is 0 Å². The fraction of sp³-hybridized carbons (Fsp3) is 0.200. The lowest BCUT2D eigenvalue weighted by molar-refractivity contribution is 0.371. The number of hydrazine groups is 1. The molecule has 0 bridgehead atoms. The van der Waals surface area contributed by atoms with Gasteiger partial charge in [0.25, 0.3) is 0 Å². The average Bonchev–Trinajstić information content (AvgIpc) is 2.77. The van der Waals surface area contributed by atoms with Gasteiger partial charge in [0.1, 0.15) is 17.5 Å². The zero-order chi connectivity index (χ0) is 12.3. The van der Waals surface area contributed by atoms with Crippen molar-refractivity contribution < 1.29 is 9.15 Å². The minimum Gasteiger partial charge on any atom is -0.480 e. The van der Waals surface area contributed by atoms with E-state index < -0.39 is 6.04 Å². The van der Waals surface area contributed by atoms with Crippen molar-refractivity contribution in [2.75, 3.05) is 7.11 Å². The summed E-state index contributed by atoms with van der Waals surface area (Å²) in [5, 5.41) is 0. The SMILES string of the molecule is COc1nccnc1C(NN)c1ccc(Br)o1. The lowest BCUT2D eigenvalue weighted by Crippen LogP contribution is -2.29. The number of rotatable bonds is 4. The zero-order valence-electron chi connectivity index (χ0n) is 9.05. The molecule has 0 aliphatic heterocycles. The summed E-state index contributed by atoms with van der Waals surface area (Å²) in [7, 11) is 1.53. The second-order valence-corrected chi connectivity index (χ2v) is 3.97. The molecule has 0 aromatic carbocycles. The molecule has 7 heteroatoms. The lowest BCUT2D eigenvalue weighted by atomic mass is 10.1. The lowest BCUT2D eigenvalue weighted by Gasteiger charge is -2.14. The molecular weight excluding hydrogens is 288 g/mol. The number of nitrogens with one attached hydrogen (secondary N) is 1. The van der Waals surface area contributed by atoms with Crippen LogP contribution in [0, 0.1) is 0 Å². The molecule has 0 spiro atoms. The summed E-state index contributed by atoms with van der Waals surface area (Å²) in [4.78, 5) is 8.27. The number of aromatic nitrogens is 2. The number of nitrogens with zero attached hydrogens (tertiary/aromatic N) is 2. The Bertz CT molecular complexity index is 503. The van der Waals surface area contributed by atoms with Gasteiger partial charge in [-0.15, -0.1) is 0 Å². The van der Waals surface area contributed by atoms with Crippen LogP contribution in [0.5, 0.6) is 5.88 Å². The first-order valence-corrected chi connectivity index (χ1v) is 5.61. The average molecular weight is 299 g/mol. The third-order valence-corrected chi connectivity index (χ3v) is 2.63. The number of nitrogens with two attached hydrogens (primary N) is 1. The predicted molar refractivity (Wildman–Crippen MR) is 64.2 cm³/mol. The van der Waals surface area contributed by atoms with Crippen molar-refractivity contribution in [1.29, 1.82) is 0 Å². The molecule has 0 saturated carbocycles. The first-order chi connectivity index (χ1) is 8.26. The van der Waals surface area contributed by atoms with Crippen LogP contribution < -0.4 is 16.0 Å². The Balaban J connectivity index is 2.41. The van der Waals surface area contributed by atoms with E-state index in [-0.39, 0.29) is 0 Å². The summed E-state index contributed by atoms with van der Waals surface area (Å²) in [5.74, 6) is 6.55. The summed E-state index contributed by atoms with van der Waals surface area (Å²) >= 11 is 3.24. The van der Waals surface area contributed by atoms with Crippen LogP contribution in [0.3, 0.4) is 0 Å². The fourth-order valence-corrected chi connectivity index (χ4v) is 1.79. The van der Waals surface area contributed by atoms with E-state index >= 15 is 0 Å². The maximum atomic E-state index is 5.52. The van der Waals surface area contributed by atoms with Gasteiger partial charge in [0, 0.05) is 12.4 Å². The van der Waals surface area contributed by atoms with Crippen molar-refractivity contribution in [3.05, 3.63) is 40.7 Å². The van der Waals surface area contributed by atoms with Crippen molar-refractivity contribution in [3.8, 4) is 5.88 Å². The van der Waals surface area contributed by atoms with Crippen LogP contribution in [0.4, 0.5) is 0 Å². The molecule has 0 aliphatic carbocycles. The Labute approximate surface area is 106 Å². The molecule has 2 aromatic heterocycles. The van der Waals surface area contributed by atoms with Crippen LogP contribution in [0.1, 0.15) is 17.5 Å². The number of furan rings is 1. The standard InChI is InChI=1S/C10H11BrN4O2/c1-16-10-9(13-4-5-14-10)8(15-12)6-2-3-7(11)17-6/h2-5,8,15H,12H2,1H3. The first kappa shape index (κ1) is 12.0. The van der Waals surface area contributed by atoms with E-state index in [1.54, 1.807) is 24.5 Å².